The number of nitrogens with one attached hydrogen (secondary N) is 1. The van der Waals surface area contributed by atoms with E-state index in [9.17, 15) is 13.2 Å². The molecule has 1 aromatic rings. The van der Waals surface area contributed by atoms with Gasteiger partial charge in [0.25, 0.3) is 0 Å². The number of halogens is 1. The Bertz CT molecular complexity index is 625. The Balaban J connectivity index is 0.00000242. The first-order valence-corrected chi connectivity index (χ1v) is 8.23. The molecule has 22 heavy (non-hydrogen) atoms. The fourth-order valence-electron chi connectivity index (χ4n) is 2.52. The zero-order valence-corrected chi connectivity index (χ0v) is 14.4. The van der Waals surface area contributed by atoms with Crippen LogP contribution in [0.4, 0.5) is 0 Å². The van der Waals surface area contributed by atoms with Gasteiger partial charge in [-0.15, -0.1) is 12.4 Å². The molecule has 0 aromatic heterocycles. The highest BCUT2D eigenvalue weighted by Gasteiger charge is 2.31. The minimum Gasteiger partial charge on any atom is -0.465 e. The van der Waals surface area contributed by atoms with Crippen molar-refractivity contribution >= 4 is 28.4 Å². The van der Waals surface area contributed by atoms with Crippen LogP contribution in [0.5, 0.6) is 0 Å². The van der Waals surface area contributed by atoms with Crippen LogP contribution in [0.2, 0.25) is 0 Å². The van der Waals surface area contributed by atoms with Crippen molar-refractivity contribution in [1.29, 1.82) is 0 Å². The standard InChI is InChI=1S/C14H20N2O4S.ClH/c1-10-8-16(9-11(2)15-10)21(18,19)13-6-4-5-12(7-13)14(17)20-3;/h4-7,10-11,15H,8-9H2,1-3H3;1H. The van der Waals surface area contributed by atoms with Gasteiger partial charge >= 0.3 is 5.97 Å². The molecule has 1 aliphatic rings. The predicted molar refractivity (Wildman–Crippen MR) is 85.8 cm³/mol. The van der Waals surface area contributed by atoms with E-state index in [2.05, 4.69) is 10.1 Å². The number of ether oxygens (including phenoxy) is 1. The van der Waals surface area contributed by atoms with E-state index in [1.807, 2.05) is 13.8 Å². The number of piperazine rings is 1. The molecule has 8 heteroatoms. The van der Waals surface area contributed by atoms with E-state index in [0.29, 0.717) is 13.1 Å². The molecule has 0 aliphatic carbocycles. The number of sulfonamides is 1. The molecule has 1 N–H and O–H groups in total. The summed E-state index contributed by atoms with van der Waals surface area (Å²) in [6.45, 7) is 4.72. The van der Waals surface area contributed by atoms with Gasteiger partial charge in [-0.2, -0.15) is 4.31 Å². The third kappa shape index (κ3) is 3.98. The highest BCUT2D eigenvalue weighted by molar-refractivity contribution is 7.89. The van der Waals surface area contributed by atoms with Crippen LogP contribution in [-0.4, -0.2) is 51.0 Å². The topological polar surface area (TPSA) is 75.7 Å². The molecule has 0 bridgehead atoms. The fourth-order valence-corrected chi connectivity index (χ4v) is 4.19. The molecule has 0 spiro atoms. The molecule has 1 saturated heterocycles. The lowest BCUT2D eigenvalue weighted by molar-refractivity contribution is 0.0600. The number of carbonyl (C=O) groups excluding carboxylic acids is 1. The Morgan fingerprint density at radius 3 is 2.41 bits per heavy atom. The van der Waals surface area contributed by atoms with Gasteiger partial charge in [-0.05, 0) is 32.0 Å². The Kier molecular flexibility index (Phi) is 6.37. The van der Waals surface area contributed by atoms with Crippen LogP contribution in [0, 0.1) is 0 Å². The molecule has 0 amide bonds. The molecular formula is C14H21ClN2O4S. The minimum atomic E-state index is -3.61. The molecule has 1 aliphatic heterocycles. The minimum absolute atomic E-state index is 0. The Morgan fingerprint density at radius 2 is 1.86 bits per heavy atom. The van der Waals surface area contributed by atoms with Crippen molar-refractivity contribution < 1.29 is 17.9 Å². The van der Waals surface area contributed by atoms with Crippen molar-refractivity contribution in [1.82, 2.24) is 9.62 Å². The quantitative estimate of drug-likeness (QED) is 0.832. The van der Waals surface area contributed by atoms with Crippen LogP contribution in [0.15, 0.2) is 29.2 Å². The fraction of sp³-hybridized carbons (Fsp3) is 0.500. The molecule has 2 unspecified atom stereocenters. The zero-order valence-electron chi connectivity index (χ0n) is 12.8. The number of hydrogen-bond acceptors (Lipinski definition) is 5. The van der Waals surface area contributed by atoms with E-state index in [0.717, 1.165) is 0 Å². The maximum atomic E-state index is 12.7. The summed E-state index contributed by atoms with van der Waals surface area (Å²) in [5.41, 5.74) is 0.231. The van der Waals surface area contributed by atoms with Gasteiger partial charge in [-0.1, -0.05) is 6.07 Å². The van der Waals surface area contributed by atoms with Gasteiger partial charge < -0.3 is 10.1 Å². The number of rotatable bonds is 3. The molecular weight excluding hydrogens is 328 g/mol. The molecule has 0 saturated carbocycles. The van der Waals surface area contributed by atoms with Crippen LogP contribution in [0.25, 0.3) is 0 Å². The van der Waals surface area contributed by atoms with Gasteiger partial charge in [0.15, 0.2) is 0 Å². The molecule has 1 heterocycles. The molecule has 124 valence electrons. The Hall–Kier alpha value is -1.15. The van der Waals surface area contributed by atoms with Crippen LogP contribution in [0.3, 0.4) is 0 Å². The maximum Gasteiger partial charge on any atom is 0.337 e. The van der Waals surface area contributed by atoms with Crippen molar-refractivity contribution in [2.45, 2.75) is 30.8 Å². The van der Waals surface area contributed by atoms with E-state index in [1.54, 1.807) is 6.07 Å². The molecule has 0 radical (unpaired) electrons. The Labute approximate surface area is 137 Å². The van der Waals surface area contributed by atoms with E-state index in [1.165, 1.54) is 29.6 Å². The predicted octanol–water partition coefficient (Wildman–Crippen LogP) is 1.27. The second kappa shape index (κ2) is 7.41. The summed E-state index contributed by atoms with van der Waals surface area (Å²) in [6, 6.07) is 6.12. The highest BCUT2D eigenvalue weighted by Crippen LogP contribution is 2.20. The summed E-state index contributed by atoms with van der Waals surface area (Å²) < 4.78 is 31.5. The summed E-state index contributed by atoms with van der Waals surface area (Å²) in [4.78, 5) is 11.6. The van der Waals surface area contributed by atoms with Gasteiger partial charge in [0.2, 0.25) is 10.0 Å². The number of hydrogen-bond donors (Lipinski definition) is 1. The first-order valence-electron chi connectivity index (χ1n) is 6.79. The van der Waals surface area contributed by atoms with Crippen molar-refractivity contribution in [3.05, 3.63) is 29.8 Å². The summed E-state index contributed by atoms with van der Waals surface area (Å²) in [5, 5.41) is 3.29. The summed E-state index contributed by atoms with van der Waals surface area (Å²) in [5.74, 6) is -0.547. The first-order chi connectivity index (χ1) is 9.84. The van der Waals surface area contributed by atoms with Gasteiger partial charge in [0.1, 0.15) is 0 Å². The number of nitrogens with zero attached hydrogens (tertiary/aromatic N) is 1. The third-order valence-electron chi connectivity index (χ3n) is 3.42. The summed E-state index contributed by atoms with van der Waals surface area (Å²) in [7, 11) is -2.34. The van der Waals surface area contributed by atoms with Crippen LogP contribution in [-0.2, 0) is 14.8 Å². The van der Waals surface area contributed by atoms with Crippen molar-refractivity contribution in [2.75, 3.05) is 20.2 Å². The number of benzene rings is 1. The van der Waals surface area contributed by atoms with Crippen molar-refractivity contribution in [3.8, 4) is 0 Å². The van der Waals surface area contributed by atoms with E-state index in [-0.39, 0.29) is 34.9 Å². The lowest BCUT2D eigenvalue weighted by Gasteiger charge is -2.35. The highest BCUT2D eigenvalue weighted by atomic mass is 35.5. The second-order valence-electron chi connectivity index (χ2n) is 5.31. The molecule has 6 nitrogen and oxygen atoms in total. The normalized spacial score (nSPS) is 22.7. The number of methoxy groups -OCH3 is 1. The van der Waals surface area contributed by atoms with Crippen LogP contribution < -0.4 is 5.32 Å². The number of esters is 1. The second-order valence-corrected chi connectivity index (χ2v) is 7.25. The van der Waals surface area contributed by atoms with E-state index in [4.69, 9.17) is 0 Å². The van der Waals surface area contributed by atoms with Crippen molar-refractivity contribution in [2.24, 2.45) is 0 Å². The third-order valence-corrected chi connectivity index (χ3v) is 5.24. The van der Waals surface area contributed by atoms with Gasteiger partial charge in [0.05, 0.1) is 17.6 Å². The molecule has 1 fully saturated rings. The monoisotopic (exact) mass is 348 g/mol. The van der Waals surface area contributed by atoms with Gasteiger partial charge in [0, 0.05) is 25.2 Å². The lowest BCUT2D eigenvalue weighted by atomic mass is 10.2. The van der Waals surface area contributed by atoms with E-state index >= 15 is 0 Å². The summed E-state index contributed by atoms with van der Waals surface area (Å²) >= 11 is 0. The van der Waals surface area contributed by atoms with Crippen molar-refractivity contribution in [3.63, 3.8) is 0 Å². The SMILES string of the molecule is COC(=O)c1cccc(S(=O)(=O)N2CC(C)NC(C)C2)c1.Cl. The van der Waals surface area contributed by atoms with Crippen LogP contribution >= 0.6 is 12.4 Å². The smallest absolute Gasteiger partial charge is 0.337 e. The van der Waals surface area contributed by atoms with Gasteiger partial charge in [-0.3, -0.25) is 0 Å². The number of carbonyl (C=O) groups is 1. The molecule has 1 aromatic carbocycles. The molecule has 2 rings (SSSR count). The van der Waals surface area contributed by atoms with Gasteiger partial charge in [-0.25, -0.2) is 13.2 Å². The zero-order chi connectivity index (χ0) is 15.6. The molecule has 2 atom stereocenters. The lowest BCUT2D eigenvalue weighted by Crippen LogP contribution is -2.55. The largest absolute Gasteiger partial charge is 0.465 e. The Morgan fingerprint density at radius 1 is 1.27 bits per heavy atom. The van der Waals surface area contributed by atoms with Crippen LogP contribution in [0.1, 0.15) is 24.2 Å². The first kappa shape index (κ1) is 18.9. The average molecular weight is 349 g/mol. The maximum absolute atomic E-state index is 12.7. The average Bonchev–Trinajstić information content (AvgIpc) is 2.45. The summed E-state index contributed by atoms with van der Waals surface area (Å²) in [6.07, 6.45) is 0. The van der Waals surface area contributed by atoms with E-state index < -0.39 is 16.0 Å².